The Bertz CT molecular complexity index is 702. The summed E-state index contributed by atoms with van der Waals surface area (Å²) in [6, 6.07) is 0.0642. The molecule has 1 fully saturated rings. The van der Waals surface area contributed by atoms with Gasteiger partial charge in [-0.15, -0.1) is 0 Å². The summed E-state index contributed by atoms with van der Waals surface area (Å²) in [5.41, 5.74) is 7.41. The SMILES string of the molecule is CN=C(/C=C(\N)COC)Nc1ncc(C2CCC(OC(=O)NC(C)C)C2)cn1. The maximum atomic E-state index is 11.7. The molecule has 0 bridgehead atoms. The topological polar surface area (TPSA) is 124 Å². The Morgan fingerprint density at radius 3 is 2.71 bits per heavy atom. The zero-order chi connectivity index (χ0) is 20.5. The van der Waals surface area contributed by atoms with E-state index in [-0.39, 0.29) is 24.2 Å². The lowest BCUT2D eigenvalue weighted by atomic mass is 10.0. The Labute approximate surface area is 165 Å². The number of aliphatic imine (C=N–C) groups is 1. The van der Waals surface area contributed by atoms with Crippen LogP contribution in [0.3, 0.4) is 0 Å². The smallest absolute Gasteiger partial charge is 0.407 e. The highest BCUT2D eigenvalue weighted by Gasteiger charge is 2.29. The van der Waals surface area contributed by atoms with Gasteiger partial charge in [-0.1, -0.05) is 0 Å². The molecule has 1 aliphatic rings. The van der Waals surface area contributed by atoms with Crippen LogP contribution < -0.4 is 16.4 Å². The molecule has 0 aliphatic heterocycles. The first-order valence-corrected chi connectivity index (χ1v) is 9.39. The average molecular weight is 390 g/mol. The van der Waals surface area contributed by atoms with E-state index >= 15 is 0 Å². The highest BCUT2D eigenvalue weighted by molar-refractivity contribution is 6.03. The summed E-state index contributed by atoms with van der Waals surface area (Å²) >= 11 is 0. The molecule has 0 spiro atoms. The van der Waals surface area contributed by atoms with Gasteiger partial charge < -0.3 is 25.8 Å². The number of carbonyl (C=O) groups is 1. The maximum absolute atomic E-state index is 11.7. The lowest BCUT2D eigenvalue weighted by Gasteiger charge is -2.15. The zero-order valence-corrected chi connectivity index (χ0v) is 16.9. The number of hydrogen-bond acceptors (Lipinski definition) is 7. The van der Waals surface area contributed by atoms with E-state index < -0.39 is 0 Å². The second kappa shape index (κ2) is 10.6. The number of carbonyl (C=O) groups excluding carboxylic acids is 1. The second-order valence-electron chi connectivity index (χ2n) is 7.06. The number of methoxy groups -OCH3 is 1. The van der Waals surface area contributed by atoms with Crippen molar-refractivity contribution in [2.45, 2.75) is 51.2 Å². The van der Waals surface area contributed by atoms with Gasteiger partial charge in [-0.05, 0) is 44.6 Å². The van der Waals surface area contributed by atoms with E-state index in [1.54, 1.807) is 32.6 Å². The molecule has 1 amide bonds. The van der Waals surface area contributed by atoms with Gasteiger partial charge in [0.2, 0.25) is 5.95 Å². The lowest BCUT2D eigenvalue weighted by molar-refractivity contribution is 0.0982. The zero-order valence-electron chi connectivity index (χ0n) is 16.9. The summed E-state index contributed by atoms with van der Waals surface area (Å²) in [7, 11) is 3.23. The van der Waals surface area contributed by atoms with Crippen LogP contribution in [0.25, 0.3) is 0 Å². The molecule has 28 heavy (non-hydrogen) atoms. The van der Waals surface area contributed by atoms with Gasteiger partial charge in [0.15, 0.2) is 0 Å². The number of nitrogens with zero attached hydrogens (tertiary/aromatic N) is 3. The summed E-state index contributed by atoms with van der Waals surface area (Å²) in [5.74, 6) is 1.27. The fraction of sp³-hybridized carbons (Fsp3) is 0.579. The highest BCUT2D eigenvalue weighted by atomic mass is 16.6. The number of anilines is 1. The molecule has 4 N–H and O–H groups in total. The van der Waals surface area contributed by atoms with Crippen LogP contribution in [0.2, 0.25) is 0 Å². The predicted molar refractivity (Wildman–Crippen MR) is 108 cm³/mol. The van der Waals surface area contributed by atoms with Crippen molar-refractivity contribution in [2.75, 3.05) is 26.1 Å². The molecule has 9 heteroatoms. The average Bonchev–Trinajstić information content (AvgIpc) is 3.09. The van der Waals surface area contributed by atoms with E-state index in [9.17, 15) is 4.79 Å². The van der Waals surface area contributed by atoms with Gasteiger partial charge in [-0.2, -0.15) is 0 Å². The molecule has 1 saturated carbocycles. The first-order chi connectivity index (χ1) is 13.4. The molecule has 154 valence electrons. The van der Waals surface area contributed by atoms with Crippen molar-refractivity contribution in [2.24, 2.45) is 10.7 Å². The van der Waals surface area contributed by atoms with Gasteiger partial charge in [-0.25, -0.2) is 14.8 Å². The van der Waals surface area contributed by atoms with Crippen LogP contribution in [-0.4, -0.2) is 54.8 Å². The van der Waals surface area contributed by atoms with Crippen molar-refractivity contribution in [3.8, 4) is 0 Å². The third kappa shape index (κ3) is 6.80. The van der Waals surface area contributed by atoms with E-state index in [1.165, 1.54) is 0 Å². The quantitative estimate of drug-likeness (QED) is 0.481. The molecule has 2 unspecified atom stereocenters. The lowest BCUT2D eigenvalue weighted by Crippen LogP contribution is -2.33. The number of rotatable bonds is 7. The molecule has 1 heterocycles. The highest BCUT2D eigenvalue weighted by Crippen LogP contribution is 2.35. The van der Waals surface area contributed by atoms with Crippen LogP contribution in [-0.2, 0) is 9.47 Å². The fourth-order valence-corrected chi connectivity index (χ4v) is 3.04. The van der Waals surface area contributed by atoms with Crippen LogP contribution in [0.1, 0.15) is 44.6 Å². The van der Waals surface area contributed by atoms with E-state index in [1.807, 2.05) is 13.8 Å². The van der Waals surface area contributed by atoms with Gasteiger partial charge in [0.05, 0.1) is 6.61 Å². The van der Waals surface area contributed by atoms with Crippen molar-refractivity contribution in [1.29, 1.82) is 0 Å². The van der Waals surface area contributed by atoms with Crippen molar-refractivity contribution < 1.29 is 14.3 Å². The summed E-state index contributed by atoms with van der Waals surface area (Å²) in [5, 5.41) is 5.78. The van der Waals surface area contributed by atoms with Crippen molar-refractivity contribution in [3.05, 3.63) is 29.7 Å². The first-order valence-electron chi connectivity index (χ1n) is 9.39. The minimum absolute atomic E-state index is 0.0642. The Kier molecular flexibility index (Phi) is 8.19. The number of nitrogens with two attached hydrogens (primary N) is 1. The third-order valence-electron chi connectivity index (χ3n) is 4.32. The van der Waals surface area contributed by atoms with Gasteiger partial charge in [-0.3, -0.25) is 4.99 Å². The van der Waals surface area contributed by atoms with E-state index in [0.717, 1.165) is 24.8 Å². The van der Waals surface area contributed by atoms with Crippen molar-refractivity contribution in [1.82, 2.24) is 15.3 Å². The molecule has 1 aromatic rings. The molecule has 2 rings (SSSR count). The third-order valence-corrected chi connectivity index (χ3v) is 4.32. The summed E-state index contributed by atoms with van der Waals surface area (Å²) in [6.07, 6.45) is 7.40. The van der Waals surface area contributed by atoms with Crippen molar-refractivity contribution >= 4 is 17.9 Å². The van der Waals surface area contributed by atoms with Gasteiger partial charge in [0.1, 0.15) is 11.9 Å². The summed E-state index contributed by atoms with van der Waals surface area (Å²) < 4.78 is 10.5. The number of amidine groups is 1. The largest absolute Gasteiger partial charge is 0.446 e. The van der Waals surface area contributed by atoms with E-state index in [0.29, 0.717) is 24.1 Å². The van der Waals surface area contributed by atoms with E-state index in [2.05, 4.69) is 25.6 Å². The van der Waals surface area contributed by atoms with E-state index in [4.69, 9.17) is 15.2 Å². The number of nitrogens with one attached hydrogen (secondary N) is 2. The first kappa shape index (κ1) is 21.6. The summed E-state index contributed by atoms with van der Waals surface area (Å²) in [4.78, 5) is 24.6. The Balaban J connectivity index is 1.90. The maximum Gasteiger partial charge on any atom is 0.407 e. The molecule has 0 aromatic carbocycles. The minimum atomic E-state index is -0.358. The molecule has 0 saturated heterocycles. The molecular weight excluding hydrogens is 360 g/mol. The van der Waals surface area contributed by atoms with Crippen LogP contribution in [0.5, 0.6) is 0 Å². The van der Waals surface area contributed by atoms with Gasteiger partial charge in [0.25, 0.3) is 0 Å². The minimum Gasteiger partial charge on any atom is -0.446 e. The van der Waals surface area contributed by atoms with Crippen LogP contribution in [0, 0.1) is 0 Å². The Hall–Kier alpha value is -2.68. The number of amides is 1. The molecule has 2 atom stereocenters. The standard InChI is InChI=1S/C19H30N6O3/c1-12(2)24-19(26)28-16-6-5-13(7-16)14-9-22-18(23-10-14)25-17(21-3)8-15(20)11-27-4/h8-10,12-13,16H,5-7,11,20H2,1-4H3,(H,24,26)(H,21,22,23,25)/b15-8-. The normalized spacial score (nSPS) is 20.3. The molecule has 0 radical (unpaired) electrons. The molecule has 1 aliphatic carbocycles. The van der Waals surface area contributed by atoms with Gasteiger partial charge >= 0.3 is 6.09 Å². The Morgan fingerprint density at radius 1 is 1.39 bits per heavy atom. The number of aromatic nitrogens is 2. The summed E-state index contributed by atoms with van der Waals surface area (Å²) in [6.45, 7) is 4.13. The van der Waals surface area contributed by atoms with Gasteiger partial charge in [0, 0.05) is 44.4 Å². The van der Waals surface area contributed by atoms with Crippen LogP contribution in [0.15, 0.2) is 29.2 Å². The number of ether oxygens (including phenoxy) is 2. The molecule has 9 nitrogen and oxygen atoms in total. The van der Waals surface area contributed by atoms with Crippen LogP contribution >= 0.6 is 0 Å². The van der Waals surface area contributed by atoms with Crippen molar-refractivity contribution in [3.63, 3.8) is 0 Å². The van der Waals surface area contributed by atoms with Crippen LogP contribution in [0.4, 0.5) is 10.7 Å². The predicted octanol–water partition coefficient (Wildman–Crippen LogP) is 2.18. The number of hydrogen-bond donors (Lipinski definition) is 3. The second-order valence-corrected chi connectivity index (χ2v) is 7.06. The monoisotopic (exact) mass is 390 g/mol. The number of alkyl carbamates (subject to hydrolysis) is 1. The molecular formula is C19H30N6O3. The molecule has 1 aromatic heterocycles. The fourth-order valence-electron chi connectivity index (χ4n) is 3.04. The Morgan fingerprint density at radius 2 is 2.11 bits per heavy atom.